The molecule has 0 aliphatic heterocycles. The summed E-state index contributed by atoms with van der Waals surface area (Å²) in [6.45, 7) is -0.820. The number of nitriles is 1. The zero-order valence-electron chi connectivity index (χ0n) is 14.8. The summed E-state index contributed by atoms with van der Waals surface area (Å²) in [6, 6.07) is 11.8. The van der Waals surface area contributed by atoms with Crippen LogP contribution >= 0.6 is 0 Å². The molecular weight excluding hydrogens is 381 g/mol. The van der Waals surface area contributed by atoms with E-state index in [9.17, 15) is 23.9 Å². The van der Waals surface area contributed by atoms with Crippen molar-refractivity contribution < 1.29 is 24.2 Å². The second kappa shape index (κ2) is 7.82. The quantitative estimate of drug-likeness (QED) is 0.601. The lowest BCUT2D eigenvalue weighted by Gasteiger charge is -2.15. The number of carboxylic acids is 1. The third kappa shape index (κ3) is 3.91. The molecule has 0 radical (unpaired) electrons. The molecule has 1 aromatic heterocycles. The third-order valence-electron chi connectivity index (χ3n) is 4.22. The molecule has 146 valence electrons. The van der Waals surface area contributed by atoms with Gasteiger partial charge in [0.05, 0.1) is 23.7 Å². The summed E-state index contributed by atoms with van der Waals surface area (Å²) in [5.74, 6) is -3.87. The number of carbonyl (C=O) groups is 2. The third-order valence-corrected chi connectivity index (χ3v) is 4.22. The lowest BCUT2D eigenvalue weighted by molar-refractivity contribution is -0.135. The summed E-state index contributed by atoms with van der Waals surface area (Å²) in [6.07, 6.45) is 0. The molecule has 0 saturated heterocycles. The Labute approximate surface area is 163 Å². The monoisotopic (exact) mass is 395 g/mol. The first-order valence-electron chi connectivity index (χ1n) is 8.36. The maximum Gasteiger partial charge on any atom is 0.322 e. The van der Waals surface area contributed by atoms with Gasteiger partial charge in [0, 0.05) is 5.39 Å². The molecule has 0 spiro atoms. The summed E-state index contributed by atoms with van der Waals surface area (Å²) < 4.78 is 14.9. The van der Waals surface area contributed by atoms with Gasteiger partial charge in [-0.1, -0.05) is 12.1 Å². The van der Waals surface area contributed by atoms with E-state index in [1.807, 2.05) is 11.4 Å². The molecule has 0 unspecified atom stereocenters. The van der Waals surface area contributed by atoms with Crippen LogP contribution in [0.3, 0.4) is 0 Å². The molecule has 1 amide bonds. The molecule has 1 heterocycles. The number of aromatic nitrogens is 1. The van der Waals surface area contributed by atoms with Crippen molar-refractivity contribution in [1.82, 2.24) is 9.88 Å². The summed E-state index contributed by atoms with van der Waals surface area (Å²) in [5.41, 5.74) is -0.470. The maximum absolute atomic E-state index is 13.7. The van der Waals surface area contributed by atoms with Gasteiger partial charge in [0.25, 0.3) is 11.5 Å². The number of amides is 1. The van der Waals surface area contributed by atoms with Crippen LogP contribution in [-0.2, 0) is 11.3 Å². The van der Waals surface area contributed by atoms with Gasteiger partial charge in [-0.05, 0) is 35.9 Å². The minimum absolute atomic E-state index is 0.0595. The normalized spacial score (nSPS) is 10.5. The smallest absolute Gasteiger partial charge is 0.322 e. The lowest BCUT2D eigenvalue weighted by atomic mass is 10.1. The molecule has 8 nitrogen and oxygen atoms in total. The van der Waals surface area contributed by atoms with E-state index >= 15 is 0 Å². The first-order valence-corrected chi connectivity index (χ1v) is 8.36. The largest absolute Gasteiger partial charge is 0.506 e. The first-order chi connectivity index (χ1) is 13.8. The molecule has 0 aliphatic rings. The van der Waals surface area contributed by atoms with Crippen LogP contribution in [0.1, 0.15) is 21.5 Å². The van der Waals surface area contributed by atoms with Crippen LogP contribution in [0.2, 0.25) is 0 Å². The summed E-state index contributed by atoms with van der Waals surface area (Å²) in [7, 11) is 0. The van der Waals surface area contributed by atoms with E-state index < -0.39 is 41.1 Å². The number of halogens is 1. The predicted octanol–water partition coefficient (Wildman–Crippen LogP) is 1.58. The van der Waals surface area contributed by atoms with Gasteiger partial charge in [-0.2, -0.15) is 5.26 Å². The van der Waals surface area contributed by atoms with Crippen LogP contribution in [0.25, 0.3) is 10.9 Å². The number of benzene rings is 2. The average molecular weight is 395 g/mol. The second-order valence-corrected chi connectivity index (χ2v) is 6.16. The fourth-order valence-electron chi connectivity index (χ4n) is 2.94. The highest BCUT2D eigenvalue weighted by Gasteiger charge is 2.23. The van der Waals surface area contributed by atoms with Crippen molar-refractivity contribution in [3.05, 3.63) is 75.3 Å². The van der Waals surface area contributed by atoms with Gasteiger partial charge < -0.3 is 20.1 Å². The van der Waals surface area contributed by atoms with E-state index in [0.717, 1.165) is 16.7 Å². The lowest BCUT2D eigenvalue weighted by Crippen LogP contribution is -2.36. The van der Waals surface area contributed by atoms with Crippen molar-refractivity contribution in [3.8, 4) is 11.8 Å². The van der Waals surface area contributed by atoms with E-state index in [-0.39, 0.29) is 17.4 Å². The van der Waals surface area contributed by atoms with E-state index in [0.29, 0.717) is 11.1 Å². The molecule has 9 heteroatoms. The number of nitrogens with zero attached hydrogens (tertiary/aromatic N) is 2. The fraction of sp³-hybridized carbons (Fsp3) is 0.100. The highest BCUT2D eigenvalue weighted by molar-refractivity contribution is 6.03. The average Bonchev–Trinajstić information content (AvgIpc) is 2.70. The molecule has 3 N–H and O–H groups in total. The standard InChI is InChI=1S/C20H14FN3O5/c21-13-4-5-15-14(7-13)18(27)17(19(28)23-9-16(25)26)20(29)24(15)10-12-3-1-2-11(6-12)8-22/h1-7,27H,9-10H2,(H,23,28)(H,25,26). The Bertz CT molecular complexity index is 1240. The van der Waals surface area contributed by atoms with Crippen LogP contribution in [0.15, 0.2) is 47.3 Å². The molecule has 3 aromatic rings. The number of aromatic hydroxyl groups is 1. The molecule has 0 bridgehead atoms. The van der Waals surface area contributed by atoms with Crippen molar-refractivity contribution in [2.45, 2.75) is 6.54 Å². The van der Waals surface area contributed by atoms with Crippen molar-refractivity contribution in [1.29, 1.82) is 5.26 Å². The Balaban J connectivity index is 2.22. The number of pyridine rings is 1. The van der Waals surface area contributed by atoms with Gasteiger partial charge in [0.15, 0.2) is 0 Å². The van der Waals surface area contributed by atoms with Crippen LogP contribution < -0.4 is 10.9 Å². The van der Waals surface area contributed by atoms with Gasteiger partial charge in [-0.3, -0.25) is 14.4 Å². The topological polar surface area (TPSA) is 132 Å². The highest BCUT2D eigenvalue weighted by atomic mass is 19.1. The molecule has 0 atom stereocenters. The number of carboxylic acid groups (broad SMARTS) is 1. The fourth-order valence-corrected chi connectivity index (χ4v) is 2.94. The molecule has 3 rings (SSSR count). The Morgan fingerprint density at radius 3 is 2.66 bits per heavy atom. The van der Waals surface area contributed by atoms with E-state index in [1.54, 1.807) is 24.3 Å². The summed E-state index contributed by atoms with van der Waals surface area (Å²) >= 11 is 0. The number of rotatable bonds is 5. The van der Waals surface area contributed by atoms with Crippen LogP contribution in [0, 0.1) is 17.1 Å². The Hall–Kier alpha value is -4.19. The van der Waals surface area contributed by atoms with E-state index in [1.165, 1.54) is 6.07 Å². The van der Waals surface area contributed by atoms with Gasteiger partial charge in [0.1, 0.15) is 23.7 Å². The van der Waals surface area contributed by atoms with Crippen LogP contribution in [-0.4, -0.2) is 33.2 Å². The number of aliphatic carboxylic acids is 1. The summed E-state index contributed by atoms with van der Waals surface area (Å²) in [5, 5.41) is 30.1. The van der Waals surface area contributed by atoms with Crippen molar-refractivity contribution in [2.24, 2.45) is 0 Å². The predicted molar refractivity (Wildman–Crippen MR) is 100 cm³/mol. The Morgan fingerprint density at radius 2 is 1.97 bits per heavy atom. The Kier molecular flexibility index (Phi) is 5.27. The molecule has 29 heavy (non-hydrogen) atoms. The van der Waals surface area contributed by atoms with Crippen LogP contribution in [0.5, 0.6) is 5.75 Å². The SMILES string of the molecule is N#Cc1cccc(Cn2c(=O)c(C(=O)NCC(=O)O)c(O)c3cc(F)ccc32)c1. The zero-order chi connectivity index (χ0) is 21.1. The molecule has 0 aliphatic carbocycles. The van der Waals surface area contributed by atoms with Gasteiger partial charge in [0.2, 0.25) is 0 Å². The van der Waals surface area contributed by atoms with Gasteiger partial charge >= 0.3 is 5.97 Å². The number of hydrogen-bond acceptors (Lipinski definition) is 5. The molecule has 0 fully saturated rings. The maximum atomic E-state index is 13.7. The van der Waals surface area contributed by atoms with Crippen molar-refractivity contribution in [3.63, 3.8) is 0 Å². The molecule has 2 aromatic carbocycles. The second-order valence-electron chi connectivity index (χ2n) is 6.16. The van der Waals surface area contributed by atoms with E-state index in [4.69, 9.17) is 10.4 Å². The Morgan fingerprint density at radius 1 is 1.21 bits per heavy atom. The number of carbonyl (C=O) groups excluding carboxylic acids is 1. The zero-order valence-corrected chi connectivity index (χ0v) is 14.8. The molecule has 0 saturated carbocycles. The summed E-state index contributed by atoms with van der Waals surface area (Å²) in [4.78, 5) is 36.0. The first kappa shape index (κ1) is 19.6. The van der Waals surface area contributed by atoms with E-state index in [2.05, 4.69) is 0 Å². The van der Waals surface area contributed by atoms with Gasteiger partial charge in [-0.25, -0.2) is 4.39 Å². The number of fused-ring (bicyclic) bond motifs is 1. The van der Waals surface area contributed by atoms with Gasteiger partial charge in [-0.15, -0.1) is 0 Å². The highest BCUT2D eigenvalue weighted by Crippen LogP contribution is 2.27. The minimum Gasteiger partial charge on any atom is -0.506 e. The van der Waals surface area contributed by atoms with Crippen molar-refractivity contribution >= 4 is 22.8 Å². The number of hydrogen-bond donors (Lipinski definition) is 3. The number of nitrogens with one attached hydrogen (secondary N) is 1. The van der Waals surface area contributed by atoms with Crippen LogP contribution in [0.4, 0.5) is 4.39 Å². The van der Waals surface area contributed by atoms with Crippen molar-refractivity contribution in [2.75, 3.05) is 6.54 Å². The minimum atomic E-state index is -1.33. The molecular formula is C20H14FN3O5.